The Morgan fingerprint density at radius 3 is 2.67 bits per heavy atom. The Morgan fingerprint density at radius 2 is 2.00 bits per heavy atom. The summed E-state index contributed by atoms with van der Waals surface area (Å²) in [7, 11) is 1.34. The molecule has 2 aromatic heterocycles. The number of esters is 1. The molecular weight excluding hydrogens is 366 g/mol. The molecule has 0 bridgehead atoms. The predicted octanol–water partition coefficient (Wildman–Crippen LogP) is 2.46. The third-order valence-electron chi connectivity index (χ3n) is 5.40. The van der Waals surface area contributed by atoms with Gasteiger partial charge in [-0.25, -0.2) is 9.78 Å². The van der Waals surface area contributed by atoms with Gasteiger partial charge in [0.2, 0.25) is 5.91 Å². The maximum Gasteiger partial charge on any atom is 0.331 e. The van der Waals surface area contributed by atoms with Gasteiger partial charge in [-0.05, 0) is 32.3 Å². The van der Waals surface area contributed by atoms with Crippen LogP contribution in [0.3, 0.4) is 0 Å². The first kappa shape index (κ1) is 19.5. The van der Waals surface area contributed by atoms with Crippen LogP contribution in [-0.4, -0.2) is 34.1 Å². The molecule has 0 radical (unpaired) electrons. The smallest absolute Gasteiger partial charge is 0.331 e. The average molecular weight is 391 g/mol. The monoisotopic (exact) mass is 391 g/mol. The molecule has 1 aliphatic rings. The summed E-state index contributed by atoms with van der Waals surface area (Å²) in [5.74, 6) is -0.646. The van der Waals surface area contributed by atoms with Crippen molar-refractivity contribution in [1.29, 1.82) is 0 Å². The van der Waals surface area contributed by atoms with Crippen molar-refractivity contribution in [2.45, 2.75) is 64.5 Å². The summed E-state index contributed by atoms with van der Waals surface area (Å²) in [5.41, 5.74) is -0.119. The largest absolute Gasteiger partial charge is 0.467 e. The van der Waals surface area contributed by atoms with Crippen molar-refractivity contribution < 1.29 is 14.3 Å². The van der Waals surface area contributed by atoms with Crippen LogP contribution in [0.25, 0.3) is 10.2 Å². The molecule has 27 heavy (non-hydrogen) atoms. The molecule has 0 atom stereocenters. The molecule has 0 unspecified atom stereocenters. The van der Waals surface area contributed by atoms with Gasteiger partial charge in [0.25, 0.3) is 5.56 Å². The molecule has 0 saturated heterocycles. The Morgan fingerprint density at radius 1 is 1.30 bits per heavy atom. The maximum absolute atomic E-state index is 12.7. The number of thiophene rings is 1. The van der Waals surface area contributed by atoms with Crippen LogP contribution in [-0.2, 0) is 20.9 Å². The van der Waals surface area contributed by atoms with Crippen LogP contribution in [0.15, 0.2) is 11.1 Å². The van der Waals surface area contributed by atoms with Gasteiger partial charge in [0.15, 0.2) is 0 Å². The average Bonchev–Trinajstić information content (AvgIpc) is 2.96. The van der Waals surface area contributed by atoms with E-state index in [-0.39, 0.29) is 30.4 Å². The van der Waals surface area contributed by atoms with Crippen LogP contribution in [0, 0.1) is 13.8 Å². The molecule has 2 heterocycles. The minimum atomic E-state index is -0.932. The minimum Gasteiger partial charge on any atom is -0.467 e. The molecule has 1 amide bonds. The molecule has 2 aromatic rings. The quantitative estimate of drug-likeness (QED) is 0.791. The number of nitrogens with one attached hydrogen (secondary N) is 1. The number of methoxy groups -OCH3 is 1. The third kappa shape index (κ3) is 3.76. The Bertz CT molecular complexity index is 925. The summed E-state index contributed by atoms with van der Waals surface area (Å²) in [5, 5.41) is 3.50. The van der Waals surface area contributed by atoms with E-state index < -0.39 is 5.54 Å². The number of ether oxygens (including phenoxy) is 1. The van der Waals surface area contributed by atoms with Crippen LogP contribution in [0.5, 0.6) is 0 Å². The predicted molar refractivity (Wildman–Crippen MR) is 104 cm³/mol. The van der Waals surface area contributed by atoms with Gasteiger partial charge in [-0.1, -0.05) is 19.3 Å². The van der Waals surface area contributed by atoms with Gasteiger partial charge in [-0.15, -0.1) is 11.3 Å². The van der Waals surface area contributed by atoms with Gasteiger partial charge in [0.05, 0.1) is 18.8 Å². The zero-order valence-electron chi connectivity index (χ0n) is 16.0. The lowest BCUT2D eigenvalue weighted by molar-refractivity contribution is -0.152. The third-order valence-corrected chi connectivity index (χ3v) is 6.51. The molecular formula is C19H25N3O4S. The molecule has 1 fully saturated rings. The highest BCUT2D eigenvalue weighted by molar-refractivity contribution is 7.18. The molecule has 0 aromatic carbocycles. The van der Waals surface area contributed by atoms with Crippen molar-refractivity contribution >= 4 is 33.4 Å². The minimum absolute atomic E-state index is 0.105. The molecule has 1 aliphatic carbocycles. The number of fused-ring (bicyclic) bond motifs is 1. The van der Waals surface area contributed by atoms with Crippen LogP contribution >= 0.6 is 11.3 Å². The van der Waals surface area contributed by atoms with E-state index in [9.17, 15) is 14.4 Å². The van der Waals surface area contributed by atoms with E-state index in [0.29, 0.717) is 18.2 Å². The van der Waals surface area contributed by atoms with Crippen molar-refractivity contribution in [2.75, 3.05) is 7.11 Å². The summed E-state index contributed by atoms with van der Waals surface area (Å²) in [6, 6.07) is 0. The van der Waals surface area contributed by atoms with Gasteiger partial charge in [0.1, 0.15) is 10.4 Å². The summed E-state index contributed by atoms with van der Waals surface area (Å²) in [4.78, 5) is 43.6. The summed E-state index contributed by atoms with van der Waals surface area (Å²) in [6.07, 6.45) is 5.59. The number of carbonyl (C=O) groups is 2. The highest BCUT2D eigenvalue weighted by atomic mass is 32.1. The van der Waals surface area contributed by atoms with Gasteiger partial charge in [-0.2, -0.15) is 0 Å². The van der Waals surface area contributed by atoms with Crippen LogP contribution < -0.4 is 10.9 Å². The van der Waals surface area contributed by atoms with Gasteiger partial charge in [-0.3, -0.25) is 14.2 Å². The summed E-state index contributed by atoms with van der Waals surface area (Å²) < 4.78 is 6.39. The van der Waals surface area contributed by atoms with E-state index in [4.69, 9.17) is 4.74 Å². The van der Waals surface area contributed by atoms with Gasteiger partial charge >= 0.3 is 5.97 Å². The first-order valence-electron chi connectivity index (χ1n) is 9.22. The second-order valence-corrected chi connectivity index (χ2v) is 8.34. The van der Waals surface area contributed by atoms with E-state index in [1.807, 2.05) is 13.8 Å². The molecule has 7 nitrogen and oxygen atoms in total. The molecule has 0 spiro atoms. The molecule has 1 saturated carbocycles. The van der Waals surface area contributed by atoms with Gasteiger partial charge in [0, 0.05) is 17.8 Å². The van der Waals surface area contributed by atoms with E-state index in [1.54, 1.807) is 0 Å². The number of carbonyl (C=O) groups excluding carboxylic acids is 2. The lowest BCUT2D eigenvalue weighted by Crippen LogP contribution is -2.56. The zero-order valence-corrected chi connectivity index (χ0v) is 16.8. The fourth-order valence-electron chi connectivity index (χ4n) is 3.71. The molecule has 8 heteroatoms. The van der Waals surface area contributed by atoms with Crippen LogP contribution in [0.4, 0.5) is 0 Å². The SMILES string of the molecule is COC(=O)C1(NC(=O)CCn2cnc3sc(C)c(C)c3c2=O)CCCCC1. The lowest BCUT2D eigenvalue weighted by atomic mass is 9.81. The fraction of sp³-hybridized carbons (Fsp3) is 0.579. The molecule has 0 aliphatic heterocycles. The number of aromatic nitrogens is 2. The summed E-state index contributed by atoms with van der Waals surface area (Å²) in [6.45, 7) is 4.10. The Labute approximate surface area is 161 Å². The van der Waals surface area contributed by atoms with Gasteiger partial charge < -0.3 is 10.1 Å². The first-order valence-corrected chi connectivity index (χ1v) is 10.0. The van der Waals surface area contributed by atoms with Crippen LogP contribution in [0.1, 0.15) is 49.0 Å². The lowest BCUT2D eigenvalue weighted by Gasteiger charge is -2.35. The maximum atomic E-state index is 12.7. The van der Waals surface area contributed by atoms with Crippen molar-refractivity contribution in [2.24, 2.45) is 0 Å². The number of aryl methyl sites for hydroxylation is 3. The number of amides is 1. The molecule has 1 N–H and O–H groups in total. The Hall–Kier alpha value is -2.22. The summed E-state index contributed by atoms with van der Waals surface area (Å²) >= 11 is 1.50. The zero-order chi connectivity index (χ0) is 19.6. The van der Waals surface area contributed by atoms with Crippen molar-refractivity contribution in [3.05, 3.63) is 27.1 Å². The second kappa shape index (κ2) is 7.80. The van der Waals surface area contributed by atoms with Crippen molar-refractivity contribution in [1.82, 2.24) is 14.9 Å². The number of hydrogen-bond acceptors (Lipinski definition) is 6. The van der Waals surface area contributed by atoms with E-state index in [0.717, 1.165) is 34.5 Å². The van der Waals surface area contributed by atoms with E-state index in [1.165, 1.54) is 29.3 Å². The number of rotatable bonds is 5. The Balaban J connectivity index is 1.73. The van der Waals surface area contributed by atoms with Crippen LogP contribution in [0.2, 0.25) is 0 Å². The van der Waals surface area contributed by atoms with Crippen molar-refractivity contribution in [3.8, 4) is 0 Å². The second-order valence-electron chi connectivity index (χ2n) is 7.14. The highest BCUT2D eigenvalue weighted by Gasteiger charge is 2.41. The molecule has 146 valence electrons. The van der Waals surface area contributed by atoms with E-state index >= 15 is 0 Å². The topological polar surface area (TPSA) is 90.3 Å². The Kier molecular flexibility index (Phi) is 5.64. The van der Waals surface area contributed by atoms with Crippen molar-refractivity contribution in [3.63, 3.8) is 0 Å². The normalized spacial score (nSPS) is 16.3. The number of nitrogens with zero attached hydrogens (tertiary/aromatic N) is 2. The highest BCUT2D eigenvalue weighted by Crippen LogP contribution is 2.29. The molecule has 3 rings (SSSR count). The first-order chi connectivity index (χ1) is 12.9. The number of hydrogen-bond donors (Lipinski definition) is 1. The fourth-order valence-corrected chi connectivity index (χ4v) is 4.70. The van der Waals surface area contributed by atoms with E-state index in [2.05, 4.69) is 10.3 Å². The standard InChI is InChI=1S/C19H25N3O4S/c1-12-13(2)27-16-15(12)17(24)22(11-20-16)10-7-14(23)21-19(18(25)26-3)8-5-4-6-9-19/h11H,4-10H2,1-3H3,(H,21,23).